The predicted octanol–water partition coefficient (Wildman–Crippen LogP) is 2.49. The van der Waals surface area contributed by atoms with Crippen LogP contribution in [0.3, 0.4) is 0 Å². The molecule has 2 aromatic rings. The summed E-state index contributed by atoms with van der Waals surface area (Å²) in [6.45, 7) is 0.321. The minimum absolute atomic E-state index is 0.169. The highest BCUT2D eigenvalue weighted by Gasteiger charge is 2.10. The van der Waals surface area contributed by atoms with Crippen molar-refractivity contribution in [3.8, 4) is 17.6 Å². The quantitative estimate of drug-likeness (QED) is 0.796. The fourth-order valence-corrected chi connectivity index (χ4v) is 2.18. The van der Waals surface area contributed by atoms with Crippen molar-refractivity contribution in [1.82, 2.24) is 5.32 Å². The number of nitriles is 1. The van der Waals surface area contributed by atoms with Gasteiger partial charge < -0.3 is 20.1 Å². The van der Waals surface area contributed by atoms with E-state index < -0.39 is 0 Å². The summed E-state index contributed by atoms with van der Waals surface area (Å²) in [5, 5.41) is 13.9. The van der Waals surface area contributed by atoms with E-state index in [1.807, 2.05) is 0 Å². The third-order valence-corrected chi connectivity index (χ3v) is 3.55. The summed E-state index contributed by atoms with van der Waals surface area (Å²) in [5.41, 5.74) is 1.88. The van der Waals surface area contributed by atoms with E-state index in [2.05, 4.69) is 10.6 Å². The summed E-state index contributed by atoms with van der Waals surface area (Å²) in [4.78, 5) is 23.7. The highest BCUT2D eigenvalue weighted by Crippen LogP contribution is 2.23. The van der Waals surface area contributed by atoms with Crippen LogP contribution in [0.2, 0.25) is 0 Å². The molecule has 0 atom stereocenters. The van der Waals surface area contributed by atoms with Crippen LogP contribution in [0.4, 0.5) is 5.69 Å². The minimum atomic E-state index is -0.322. The molecule has 7 nitrogen and oxygen atoms in total. The number of nitrogens with zero attached hydrogens (tertiary/aromatic N) is 1. The van der Waals surface area contributed by atoms with Crippen molar-refractivity contribution in [1.29, 1.82) is 5.26 Å². The molecule has 0 fully saturated rings. The molecule has 0 spiro atoms. The maximum Gasteiger partial charge on any atom is 0.255 e. The fraction of sp³-hybridized carbons (Fsp3) is 0.211. The van der Waals surface area contributed by atoms with Gasteiger partial charge in [0, 0.05) is 23.9 Å². The SMILES string of the molecule is COc1cc(OC)cc(C(=O)Nc2ccc(CNC(=O)CC#N)cc2)c1. The lowest BCUT2D eigenvalue weighted by Gasteiger charge is -2.10. The van der Waals surface area contributed by atoms with Gasteiger partial charge in [-0.2, -0.15) is 5.26 Å². The van der Waals surface area contributed by atoms with Gasteiger partial charge in [0.2, 0.25) is 5.91 Å². The number of ether oxygens (including phenoxy) is 2. The molecule has 2 N–H and O–H groups in total. The van der Waals surface area contributed by atoms with Crippen molar-refractivity contribution in [3.63, 3.8) is 0 Å². The molecule has 2 rings (SSSR count). The van der Waals surface area contributed by atoms with Crippen LogP contribution in [0.1, 0.15) is 22.3 Å². The largest absolute Gasteiger partial charge is 0.497 e. The zero-order valence-corrected chi connectivity index (χ0v) is 14.5. The Morgan fingerprint density at radius 1 is 1.04 bits per heavy atom. The maximum absolute atomic E-state index is 12.4. The Labute approximate surface area is 151 Å². The zero-order chi connectivity index (χ0) is 18.9. The first-order valence-corrected chi connectivity index (χ1v) is 7.82. The minimum Gasteiger partial charge on any atom is -0.497 e. The molecular weight excluding hydrogens is 334 g/mol. The monoisotopic (exact) mass is 353 g/mol. The van der Waals surface area contributed by atoms with Gasteiger partial charge in [0.1, 0.15) is 17.9 Å². The molecule has 0 aliphatic rings. The number of carbonyl (C=O) groups excluding carboxylic acids is 2. The molecule has 0 bridgehead atoms. The van der Waals surface area contributed by atoms with Gasteiger partial charge >= 0.3 is 0 Å². The molecule has 0 saturated carbocycles. The van der Waals surface area contributed by atoms with Crippen LogP contribution >= 0.6 is 0 Å². The third kappa shape index (κ3) is 5.24. The second kappa shape index (κ2) is 9.08. The summed E-state index contributed by atoms with van der Waals surface area (Å²) in [6.07, 6.45) is -0.169. The number of nitrogens with one attached hydrogen (secondary N) is 2. The Hall–Kier alpha value is -3.53. The van der Waals surface area contributed by atoms with Gasteiger partial charge in [-0.05, 0) is 29.8 Å². The number of hydrogen-bond donors (Lipinski definition) is 2. The normalized spacial score (nSPS) is 9.73. The lowest BCUT2D eigenvalue weighted by atomic mass is 10.1. The Balaban J connectivity index is 2.01. The molecule has 0 radical (unpaired) electrons. The van der Waals surface area contributed by atoms with Crippen molar-refractivity contribution in [2.75, 3.05) is 19.5 Å². The van der Waals surface area contributed by atoms with Gasteiger partial charge in [0.25, 0.3) is 5.91 Å². The van der Waals surface area contributed by atoms with E-state index in [-0.39, 0.29) is 18.2 Å². The van der Waals surface area contributed by atoms with Crippen LogP contribution in [0.25, 0.3) is 0 Å². The highest BCUT2D eigenvalue weighted by molar-refractivity contribution is 6.04. The Bertz CT molecular complexity index is 803. The van der Waals surface area contributed by atoms with E-state index in [4.69, 9.17) is 14.7 Å². The van der Waals surface area contributed by atoms with Crippen molar-refractivity contribution in [2.45, 2.75) is 13.0 Å². The summed E-state index contributed by atoms with van der Waals surface area (Å²) in [6, 6.07) is 13.8. The third-order valence-electron chi connectivity index (χ3n) is 3.55. The average Bonchev–Trinajstić information content (AvgIpc) is 2.67. The first-order valence-electron chi connectivity index (χ1n) is 7.82. The van der Waals surface area contributed by atoms with E-state index in [0.29, 0.717) is 29.3 Å². The van der Waals surface area contributed by atoms with Crippen molar-refractivity contribution in [2.24, 2.45) is 0 Å². The van der Waals surface area contributed by atoms with Crippen LogP contribution in [0, 0.1) is 11.3 Å². The van der Waals surface area contributed by atoms with Crippen molar-refractivity contribution < 1.29 is 19.1 Å². The summed E-state index contributed by atoms with van der Waals surface area (Å²) < 4.78 is 10.3. The van der Waals surface area contributed by atoms with Crippen LogP contribution in [-0.2, 0) is 11.3 Å². The molecule has 134 valence electrons. The maximum atomic E-state index is 12.4. The predicted molar refractivity (Wildman–Crippen MR) is 96.0 cm³/mol. The van der Waals surface area contributed by atoms with Crippen molar-refractivity contribution >= 4 is 17.5 Å². The second-order valence-corrected chi connectivity index (χ2v) is 5.36. The molecule has 2 aromatic carbocycles. The van der Waals surface area contributed by atoms with E-state index in [9.17, 15) is 9.59 Å². The van der Waals surface area contributed by atoms with Crippen LogP contribution in [-0.4, -0.2) is 26.0 Å². The average molecular weight is 353 g/mol. The summed E-state index contributed by atoms with van der Waals surface area (Å²) in [7, 11) is 3.04. The molecule has 2 amide bonds. The Morgan fingerprint density at radius 2 is 1.65 bits per heavy atom. The highest BCUT2D eigenvalue weighted by atomic mass is 16.5. The molecule has 0 aromatic heterocycles. The van der Waals surface area contributed by atoms with Crippen LogP contribution < -0.4 is 20.1 Å². The second-order valence-electron chi connectivity index (χ2n) is 5.36. The van der Waals surface area contributed by atoms with Gasteiger partial charge in [0.15, 0.2) is 0 Å². The number of amides is 2. The van der Waals surface area contributed by atoms with E-state index in [1.54, 1.807) is 48.5 Å². The molecule has 26 heavy (non-hydrogen) atoms. The van der Waals surface area contributed by atoms with E-state index in [0.717, 1.165) is 5.56 Å². The standard InChI is InChI=1S/C19H19N3O4/c1-25-16-9-14(10-17(11-16)26-2)19(24)22-15-5-3-13(4-6-15)12-21-18(23)7-8-20/h3-6,9-11H,7,12H2,1-2H3,(H,21,23)(H,22,24). The van der Waals surface area contributed by atoms with E-state index in [1.165, 1.54) is 14.2 Å². The topological polar surface area (TPSA) is 100 Å². The number of benzene rings is 2. The van der Waals surface area contributed by atoms with Gasteiger partial charge in [-0.1, -0.05) is 12.1 Å². The first-order chi connectivity index (χ1) is 12.5. The van der Waals surface area contributed by atoms with Gasteiger partial charge in [-0.3, -0.25) is 9.59 Å². The number of rotatable bonds is 7. The summed E-state index contributed by atoms with van der Waals surface area (Å²) in [5.74, 6) is 0.435. The Kier molecular flexibility index (Phi) is 6.57. The van der Waals surface area contributed by atoms with E-state index >= 15 is 0 Å². The summed E-state index contributed by atoms with van der Waals surface area (Å²) >= 11 is 0. The van der Waals surface area contributed by atoms with Crippen molar-refractivity contribution in [3.05, 3.63) is 53.6 Å². The molecule has 0 saturated heterocycles. The molecule has 0 unspecified atom stereocenters. The number of carbonyl (C=O) groups is 2. The van der Waals surface area contributed by atoms with Gasteiger partial charge in [-0.15, -0.1) is 0 Å². The molecular formula is C19H19N3O4. The fourth-order valence-electron chi connectivity index (χ4n) is 2.18. The number of hydrogen-bond acceptors (Lipinski definition) is 5. The van der Waals surface area contributed by atoms with Gasteiger partial charge in [0.05, 0.1) is 20.3 Å². The zero-order valence-electron chi connectivity index (χ0n) is 14.5. The Morgan fingerprint density at radius 3 is 2.19 bits per heavy atom. The van der Waals surface area contributed by atoms with Crippen LogP contribution in [0.5, 0.6) is 11.5 Å². The first kappa shape index (κ1) is 18.8. The molecule has 0 aliphatic carbocycles. The molecule has 0 aliphatic heterocycles. The lowest BCUT2D eigenvalue weighted by Crippen LogP contribution is -2.21. The van der Waals surface area contributed by atoms with Crippen LogP contribution in [0.15, 0.2) is 42.5 Å². The molecule has 0 heterocycles. The number of methoxy groups -OCH3 is 2. The number of anilines is 1. The van der Waals surface area contributed by atoms with Gasteiger partial charge in [-0.25, -0.2) is 0 Å². The molecule has 7 heteroatoms. The smallest absolute Gasteiger partial charge is 0.255 e. The lowest BCUT2D eigenvalue weighted by molar-refractivity contribution is -0.120.